The van der Waals surface area contributed by atoms with Gasteiger partial charge in [-0.1, -0.05) is 18.2 Å². The summed E-state index contributed by atoms with van der Waals surface area (Å²) in [6, 6.07) is 5.99. The fourth-order valence-corrected chi connectivity index (χ4v) is 2.35. The Kier molecular flexibility index (Phi) is 1.97. The predicted octanol–water partition coefficient (Wildman–Crippen LogP) is 1.23. The summed E-state index contributed by atoms with van der Waals surface area (Å²) in [4.78, 5) is 0. The van der Waals surface area contributed by atoms with Crippen molar-refractivity contribution in [2.45, 2.75) is 18.4 Å². The first-order valence-electron chi connectivity index (χ1n) is 5.35. The van der Waals surface area contributed by atoms with Gasteiger partial charge in [-0.2, -0.15) is 0 Å². The number of benzene rings is 1. The van der Waals surface area contributed by atoms with E-state index in [2.05, 4.69) is 6.07 Å². The van der Waals surface area contributed by atoms with Crippen LogP contribution < -0.4 is 4.74 Å². The van der Waals surface area contributed by atoms with Crippen LogP contribution in [0.25, 0.3) is 0 Å². The molecule has 3 rings (SSSR count). The molecule has 2 heterocycles. The van der Waals surface area contributed by atoms with E-state index >= 15 is 0 Å². The van der Waals surface area contributed by atoms with E-state index in [4.69, 9.17) is 9.47 Å². The molecule has 1 saturated heterocycles. The Bertz CT molecular complexity index is 380. The van der Waals surface area contributed by atoms with Crippen molar-refractivity contribution in [1.29, 1.82) is 0 Å². The first-order valence-corrected chi connectivity index (χ1v) is 5.35. The number of ether oxygens (including phenoxy) is 2. The van der Waals surface area contributed by atoms with E-state index in [0.29, 0.717) is 19.6 Å². The van der Waals surface area contributed by atoms with Crippen LogP contribution in [0, 0.1) is 0 Å². The van der Waals surface area contributed by atoms with Gasteiger partial charge in [0.1, 0.15) is 11.4 Å². The minimum atomic E-state index is -0.838. The van der Waals surface area contributed by atoms with E-state index in [1.165, 1.54) is 5.56 Å². The summed E-state index contributed by atoms with van der Waals surface area (Å²) in [5, 5.41) is 10.4. The first-order chi connectivity index (χ1) is 7.30. The van der Waals surface area contributed by atoms with Gasteiger partial charge < -0.3 is 14.6 Å². The van der Waals surface area contributed by atoms with Gasteiger partial charge in [0, 0.05) is 25.0 Å². The van der Waals surface area contributed by atoms with E-state index < -0.39 is 5.60 Å². The first kappa shape index (κ1) is 9.19. The fourth-order valence-electron chi connectivity index (χ4n) is 2.35. The molecule has 80 valence electrons. The summed E-state index contributed by atoms with van der Waals surface area (Å²) in [7, 11) is 0. The molecule has 1 unspecified atom stereocenters. The molecule has 0 spiro atoms. The lowest BCUT2D eigenvalue weighted by Gasteiger charge is -2.23. The van der Waals surface area contributed by atoms with Gasteiger partial charge in [-0.15, -0.1) is 0 Å². The van der Waals surface area contributed by atoms with Crippen molar-refractivity contribution in [3.8, 4) is 5.75 Å². The highest BCUT2D eigenvalue weighted by atomic mass is 16.5. The molecule has 0 aliphatic carbocycles. The number of para-hydroxylation sites is 1. The second kappa shape index (κ2) is 3.22. The van der Waals surface area contributed by atoms with E-state index in [1.54, 1.807) is 0 Å². The lowest BCUT2D eigenvalue weighted by Crippen LogP contribution is -2.26. The molecule has 1 N–H and O–H groups in total. The topological polar surface area (TPSA) is 38.7 Å². The molecule has 0 bridgehead atoms. The van der Waals surface area contributed by atoms with Crippen LogP contribution in [0.5, 0.6) is 5.75 Å². The van der Waals surface area contributed by atoms with Gasteiger partial charge in [0.15, 0.2) is 0 Å². The molecule has 3 nitrogen and oxygen atoms in total. The van der Waals surface area contributed by atoms with Gasteiger partial charge in [0.05, 0.1) is 13.2 Å². The third-order valence-corrected chi connectivity index (χ3v) is 3.22. The van der Waals surface area contributed by atoms with Crippen LogP contribution in [-0.2, 0) is 16.8 Å². The van der Waals surface area contributed by atoms with Crippen molar-refractivity contribution in [2.75, 3.05) is 19.8 Å². The summed E-state index contributed by atoms with van der Waals surface area (Å²) < 4.78 is 10.9. The van der Waals surface area contributed by atoms with E-state index in [0.717, 1.165) is 24.3 Å². The summed E-state index contributed by atoms with van der Waals surface area (Å²) in [5.41, 5.74) is 1.26. The summed E-state index contributed by atoms with van der Waals surface area (Å²) in [5.74, 6) is 0.880. The van der Waals surface area contributed by atoms with Crippen molar-refractivity contribution in [3.63, 3.8) is 0 Å². The molecule has 0 aromatic heterocycles. The zero-order valence-corrected chi connectivity index (χ0v) is 8.53. The molecule has 2 aliphatic rings. The second-order valence-electron chi connectivity index (χ2n) is 4.23. The van der Waals surface area contributed by atoms with Crippen LogP contribution in [0.3, 0.4) is 0 Å². The molecule has 1 fully saturated rings. The molecule has 2 aliphatic heterocycles. The minimum absolute atomic E-state index is 0.382. The van der Waals surface area contributed by atoms with Crippen LogP contribution in [-0.4, -0.2) is 24.9 Å². The number of hydrogen-bond donors (Lipinski definition) is 1. The fraction of sp³-hybridized carbons (Fsp3) is 0.500. The van der Waals surface area contributed by atoms with Gasteiger partial charge in [-0.25, -0.2) is 0 Å². The van der Waals surface area contributed by atoms with E-state index in [9.17, 15) is 5.11 Å². The molecule has 3 heteroatoms. The number of rotatable bonds is 1. The Morgan fingerprint density at radius 3 is 3.00 bits per heavy atom. The van der Waals surface area contributed by atoms with Crippen LogP contribution in [0.15, 0.2) is 18.2 Å². The SMILES string of the molecule is OC1(c2cccc3c2OCC3)CCOC1. The second-order valence-corrected chi connectivity index (χ2v) is 4.23. The quantitative estimate of drug-likeness (QED) is 0.751. The highest BCUT2D eigenvalue weighted by molar-refractivity contribution is 5.47. The largest absolute Gasteiger partial charge is 0.493 e. The molecule has 1 atom stereocenters. The van der Waals surface area contributed by atoms with Gasteiger partial charge in [-0.05, 0) is 5.56 Å². The molecule has 0 radical (unpaired) electrons. The summed E-state index contributed by atoms with van der Waals surface area (Å²) in [6.45, 7) is 1.73. The Morgan fingerprint density at radius 2 is 2.20 bits per heavy atom. The van der Waals surface area contributed by atoms with Crippen molar-refractivity contribution < 1.29 is 14.6 Å². The number of hydrogen-bond acceptors (Lipinski definition) is 3. The molecule has 1 aromatic rings. The maximum Gasteiger partial charge on any atom is 0.128 e. The summed E-state index contributed by atoms with van der Waals surface area (Å²) >= 11 is 0. The van der Waals surface area contributed by atoms with Crippen molar-refractivity contribution in [3.05, 3.63) is 29.3 Å². The maximum atomic E-state index is 10.4. The van der Waals surface area contributed by atoms with Crippen LogP contribution in [0.4, 0.5) is 0 Å². The predicted molar refractivity (Wildman–Crippen MR) is 55.0 cm³/mol. The standard InChI is InChI=1S/C12H14O3/c13-12(5-7-14-8-12)10-3-1-2-9-4-6-15-11(9)10/h1-3,13H,4-8H2. The number of aliphatic hydroxyl groups is 1. The number of fused-ring (bicyclic) bond motifs is 1. The Balaban J connectivity index is 2.08. The van der Waals surface area contributed by atoms with Crippen LogP contribution in [0.2, 0.25) is 0 Å². The van der Waals surface area contributed by atoms with Gasteiger partial charge in [0.25, 0.3) is 0 Å². The maximum absolute atomic E-state index is 10.4. The van der Waals surface area contributed by atoms with E-state index in [1.807, 2.05) is 12.1 Å². The van der Waals surface area contributed by atoms with Gasteiger partial charge in [0.2, 0.25) is 0 Å². The molecule has 15 heavy (non-hydrogen) atoms. The van der Waals surface area contributed by atoms with Crippen LogP contribution >= 0.6 is 0 Å². The zero-order valence-electron chi connectivity index (χ0n) is 8.53. The molecular formula is C12H14O3. The van der Waals surface area contributed by atoms with Gasteiger partial charge in [-0.3, -0.25) is 0 Å². The minimum Gasteiger partial charge on any atom is -0.493 e. The lowest BCUT2D eigenvalue weighted by molar-refractivity contribution is 0.0212. The van der Waals surface area contributed by atoms with Crippen molar-refractivity contribution in [2.24, 2.45) is 0 Å². The Hall–Kier alpha value is -1.06. The van der Waals surface area contributed by atoms with E-state index in [-0.39, 0.29) is 0 Å². The summed E-state index contributed by atoms with van der Waals surface area (Å²) in [6.07, 6.45) is 1.60. The molecule has 0 saturated carbocycles. The third-order valence-electron chi connectivity index (χ3n) is 3.22. The third kappa shape index (κ3) is 1.34. The Labute approximate surface area is 88.6 Å². The zero-order chi connectivity index (χ0) is 10.3. The lowest BCUT2D eigenvalue weighted by atomic mass is 9.91. The monoisotopic (exact) mass is 206 g/mol. The van der Waals surface area contributed by atoms with Crippen molar-refractivity contribution >= 4 is 0 Å². The average Bonchev–Trinajstić information content (AvgIpc) is 2.85. The molecular weight excluding hydrogens is 192 g/mol. The normalized spacial score (nSPS) is 28.9. The average molecular weight is 206 g/mol. The highest BCUT2D eigenvalue weighted by Crippen LogP contribution is 2.40. The van der Waals surface area contributed by atoms with Crippen molar-refractivity contribution in [1.82, 2.24) is 0 Å². The molecule has 1 aromatic carbocycles. The Morgan fingerprint density at radius 1 is 1.27 bits per heavy atom. The smallest absolute Gasteiger partial charge is 0.128 e. The van der Waals surface area contributed by atoms with Crippen LogP contribution in [0.1, 0.15) is 17.5 Å². The molecule has 0 amide bonds. The highest BCUT2D eigenvalue weighted by Gasteiger charge is 2.38. The van der Waals surface area contributed by atoms with Gasteiger partial charge >= 0.3 is 0 Å².